The van der Waals surface area contributed by atoms with Gasteiger partial charge in [-0.15, -0.1) is 0 Å². The van der Waals surface area contributed by atoms with E-state index < -0.39 is 70.9 Å². The number of fused-ring (bicyclic) bond motifs is 1. The van der Waals surface area contributed by atoms with Crippen LogP contribution < -0.4 is 15.9 Å². The fourth-order valence-electron chi connectivity index (χ4n) is 3.79. The number of hydrogen-bond acceptors (Lipinski definition) is 6. The lowest BCUT2D eigenvalue weighted by Gasteiger charge is -2.19. The Bertz CT molecular complexity index is 1610. The van der Waals surface area contributed by atoms with Crippen molar-refractivity contribution >= 4 is 22.4 Å². The number of halogens is 7. The zero-order valence-electron chi connectivity index (χ0n) is 19.2. The maximum absolute atomic E-state index is 14.9. The van der Waals surface area contributed by atoms with E-state index in [1.165, 1.54) is 31.5 Å². The summed E-state index contributed by atoms with van der Waals surface area (Å²) in [5.74, 6) is -3.93. The first-order valence-corrected chi connectivity index (χ1v) is 11.2. The van der Waals surface area contributed by atoms with Crippen molar-refractivity contribution in [2.24, 2.45) is 0 Å². The zero-order valence-corrected chi connectivity index (χ0v) is 19.9. The maximum atomic E-state index is 14.9. The predicted octanol–water partition coefficient (Wildman–Crippen LogP) is 4.69. The Labute approximate surface area is 213 Å². The molecule has 3 heterocycles. The summed E-state index contributed by atoms with van der Waals surface area (Å²) in [7, 11) is 0. The Morgan fingerprint density at radius 3 is 2.47 bits per heavy atom. The van der Waals surface area contributed by atoms with E-state index in [1.54, 1.807) is 5.10 Å². The second kappa shape index (κ2) is 10.4. The van der Waals surface area contributed by atoms with Crippen molar-refractivity contribution in [3.63, 3.8) is 0 Å². The summed E-state index contributed by atoms with van der Waals surface area (Å²) in [6.07, 6.45) is -4.40. The summed E-state index contributed by atoms with van der Waals surface area (Å²) < 4.78 is 89.9. The lowest BCUT2D eigenvalue weighted by atomic mass is 10.1. The second-order valence-electron chi connectivity index (χ2n) is 8.21. The van der Waals surface area contributed by atoms with Gasteiger partial charge < -0.3 is 9.30 Å². The number of nitrogens with one attached hydrogen (secondary N) is 1. The molecule has 1 aromatic carbocycles. The van der Waals surface area contributed by atoms with Crippen molar-refractivity contribution in [3.8, 4) is 17.1 Å². The van der Waals surface area contributed by atoms with Gasteiger partial charge in [-0.2, -0.15) is 18.3 Å². The molecule has 200 valence electrons. The van der Waals surface area contributed by atoms with Crippen LogP contribution >= 0.6 is 11.6 Å². The Hall–Kier alpha value is -3.94. The third-order valence-electron chi connectivity index (χ3n) is 5.42. The average Bonchev–Trinajstić information content (AvgIpc) is 2.82. The summed E-state index contributed by atoms with van der Waals surface area (Å²) in [6.45, 7) is 0.623. The molecule has 0 fully saturated rings. The third kappa shape index (κ3) is 5.49. The number of nitrogens with zero attached hydrogens (tertiary/aromatic N) is 4. The molecule has 2 atom stereocenters. The number of aromatic amines is 1. The molecule has 0 aliphatic rings. The monoisotopic (exact) mass is 559 g/mol. The summed E-state index contributed by atoms with van der Waals surface area (Å²) in [5.41, 5.74) is -4.49. The van der Waals surface area contributed by atoms with Crippen LogP contribution in [0.4, 0.5) is 26.3 Å². The van der Waals surface area contributed by atoms with Crippen molar-refractivity contribution in [2.75, 3.05) is 0 Å². The Morgan fingerprint density at radius 2 is 1.82 bits per heavy atom. The van der Waals surface area contributed by atoms with Gasteiger partial charge in [0, 0.05) is 25.0 Å². The third-order valence-corrected chi connectivity index (χ3v) is 5.62. The first-order chi connectivity index (χ1) is 17.9. The van der Waals surface area contributed by atoms with Crippen LogP contribution in [0.1, 0.15) is 18.9 Å². The number of hydrogen-bond donors (Lipinski definition) is 1. The molecule has 15 heteroatoms. The van der Waals surface area contributed by atoms with Crippen molar-refractivity contribution < 1.29 is 31.1 Å². The molecule has 0 aliphatic carbocycles. The van der Waals surface area contributed by atoms with E-state index in [9.17, 15) is 35.9 Å². The molecular weight excluding hydrogens is 544 g/mol. The summed E-state index contributed by atoms with van der Waals surface area (Å²) in [4.78, 5) is 32.1. The minimum Gasteiger partial charge on any atom is -0.488 e. The van der Waals surface area contributed by atoms with Crippen molar-refractivity contribution in [2.45, 2.75) is 38.3 Å². The van der Waals surface area contributed by atoms with Gasteiger partial charge in [0.25, 0.3) is 11.1 Å². The fourth-order valence-corrected chi connectivity index (χ4v) is 3.88. The van der Waals surface area contributed by atoms with Crippen LogP contribution in [-0.2, 0) is 12.7 Å². The second-order valence-corrected chi connectivity index (χ2v) is 8.65. The van der Waals surface area contributed by atoms with Gasteiger partial charge in [-0.3, -0.25) is 9.59 Å². The minimum absolute atomic E-state index is 0.00675. The van der Waals surface area contributed by atoms with E-state index in [1.807, 2.05) is 0 Å². The molecule has 0 saturated heterocycles. The highest BCUT2D eigenvalue weighted by molar-refractivity contribution is 6.30. The van der Waals surface area contributed by atoms with Crippen molar-refractivity contribution in [1.29, 1.82) is 0 Å². The molecule has 0 unspecified atom stereocenters. The van der Waals surface area contributed by atoms with Gasteiger partial charge in [-0.05, 0) is 24.4 Å². The van der Waals surface area contributed by atoms with E-state index in [2.05, 4.69) is 15.1 Å². The number of pyridine rings is 1. The van der Waals surface area contributed by atoms with Crippen molar-refractivity contribution in [3.05, 3.63) is 79.8 Å². The minimum atomic E-state index is -5.04. The van der Waals surface area contributed by atoms with Gasteiger partial charge in [-0.1, -0.05) is 11.6 Å². The molecule has 4 rings (SSSR count). The number of aromatic nitrogens is 5. The van der Waals surface area contributed by atoms with Crippen molar-refractivity contribution in [1.82, 2.24) is 24.7 Å². The lowest BCUT2D eigenvalue weighted by Crippen LogP contribution is -2.29. The highest BCUT2D eigenvalue weighted by Gasteiger charge is 2.38. The summed E-state index contributed by atoms with van der Waals surface area (Å²) >= 11 is 5.71. The molecule has 4 aromatic rings. The highest BCUT2D eigenvalue weighted by Crippen LogP contribution is 2.33. The molecule has 0 aliphatic heterocycles. The molecule has 8 nitrogen and oxygen atoms in total. The molecule has 1 N–H and O–H groups in total. The number of ether oxygens (including phenoxy) is 1. The largest absolute Gasteiger partial charge is 0.488 e. The topological polar surface area (TPSA) is 103 Å². The first kappa shape index (κ1) is 27.1. The highest BCUT2D eigenvalue weighted by atomic mass is 35.5. The predicted molar refractivity (Wildman–Crippen MR) is 124 cm³/mol. The van der Waals surface area contributed by atoms with Gasteiger partial charge >= 0.3 is 6.18 Å². The molecule has 0 amide bonds. The lowest BCUT2D eigenvalue weighted by molar-refractivity contribution is -0.140. The molecule has 0 saturated carbocycles. The molecule has 0 spiro atoms. The summed E-state index contributed by atoms with van der Waals surface area (Å²) in [5, 5.41) is 4.46. The van der Waals surface area contributed by atoms with Crippen LogP contribution in [0.3, 0.4) is 0 Å². The maximum Gasteiger partial charge on any atom is 0.425 e. The van der Waals surface area contributed by atoms with Gasteiger partial charge in [0.1, 0.15) is 6.17 Å². The van der Waals surface area contributed by atoms with Crippen LogP contribution in [0, 0.1) is 11.6 Å². The van der Waals surface area contributed by atoms with Crippen LogP contribution in [0.15, 0.2) is 46.5 Å². The van der Waals surface area contributed by atoms with Crippen LogP contribution in [0.5, 0.6) is 5.75 Å². The zero-order chi connectivity index (χ0) is 27.8. The van der Waals surface area contributed by atoms with Gasteiger partial charge in [0.05, 0.1) is 34.8 Å². The first-order valence-electron chi connectivity index (χ1n) is 10.8. The SMILES string of the molecule is C[C@H](C[C@@H](F)Cn1ccc2cc(-c3ncc(Cl)cn3)c(F)c(F)c2c1=O)Oc1cn[nH]c(=O)c1C(F)(F)F. The summed E-state index contributed by atoms with van der Waals surface area (Å²) in [6, 6.07) is 2.43. The van der Waals surface area contributed by atoms with Crippen LogP contribution in [-0.4, -0.2) is 37.0 Å². The molecular formula is C23H16ClF6N5O3. The van der Waals surface area contributed by atoms with Gasteiger partial charge in [0.2, 0.25) is 0 Å². The quantitative estimate of drug-likeness (QED) is 0.330. The van der Waals surface area contributed by atoms with Gasteiger partial charge in [-0.25, -0.2) is 28.2 Å². The van der Waals surface area contributed by atoms with E-state index in [-0.39, 0.29) is 21.8 Å². The molecule has 38 heavy (non-hydrogen) atoms. The molecule has 0 radical (unpaired) electrons. The van der Waals surface area contributed by atoms with Crippen LogP contribution in [0.25, 0.3) is 22.2 Å². The Morgan fingerprint density at radius 1 is 1.13 bits per heavy atom. The number of H-pyrrole nitrogens is 1. The molecule has 0 bridgehead atoms. The van der Waals surface area contributed by atoms with E-state index in [4.69, 9.17) is 16.3 Å². The molecule has 3 aromatic heterocycles. The Balaban J connectivity index is 1.55. The normalized spacial score (nSPS) is 13.5. The number of alkyl halides is 4. The standard InChI is InChI=1S/C23H16ClF6N5O3/c1-10(38-15-8-33-34-21(36)17(15)23(28,29)30)4-13(25)9-35-3-2-11-5-14(20-31-6-12(24)7-32-20)18(26)19(27)16(11)22(35)37/h2-3,5-8,10,13H,4,9H2,1H3,(H,34,36)/t10-,13-/m1/s1. The van der Waals surface area contributed by atoms with Gasteiger partial charge in [0.15, 0.2) is 28.8 Å². The fraction of sp³-hybridized carbons (Fsp3) is 0.261. The smallest absolute Gasteiger partial charge is 0.425 e. The number of benzene rings is 1. The van der Waals surface area contributed by atoms with E-state index in [0.29, 0.717) is 6.20 Å². The van der Waals surface area contributed by atoms with E-state index >= 15 is 0 Å². The van der Waals surface area contributed by atoms with Crippen LogP contribution in [0.2, 0.25) is 5.02 Å². The Kier molecular flexibility index (Phi) is 7.44. The van der Waals surface area contributed by atoms with E-state index in [0.717, 1.165) is 10.8 Å². The number of rotatable bonds is 7. The average molecular weight is 560 g/mol.